The number of benzene rings is 1. The standard InChI is InChI=1S/C15H19N3O2/c1-11-13(15(2,3)4)16-17-18(11)14(19)20-10-12-8-6-5-7-9-12/h5-9H,10H2,1-4H3. The molecule has 0 atom stereocenters. The molecule has 0 spiro atoms. The predicted octanol–water partition coefficient (Wildman–Crippen LogP) is 3.07. The van der Waals surface area contributed by atoms with Gasteiger partial charge >= 0.3 is 6.09 Å². The molecule has 0 N–H and O–H groups in total. The van der Waals surface area contributed by atoms with Gasteiger partial charge in [-0.2, -0.15) is 0 Å². The van der Waals surface area contributed by atoms with Gasteiger partial charge in [-0.15, -0.1) is 9.78 Å². The van der Waals surface area contributed by atoms with Crippen molar-refractivity contribution in [3.05, 3.63) is 47.3 Å². The zero-order valence-electron chi connectivity index (χ0n) is 12.3. The molecule has 0 aliphatic heterocycles. The first-order valence-electron chi connectivity index (χ1n) is 6.53. The minimum Gasteiger partial charge on any atom is -0.443 e. The number of hydrogen-bond donors (Lipinski definition) is 0. The van der Waals surface area contributed by atoms with Gasteiger partial charge in [0.25, 0.3) is 0 Å². The molecule has 0 radical (unpaired) electrons. The third kappa shape index (κ3) is 3.04. The van der Waals surface area contributed by atoms with Gasteiger partial charge in [0.2, 0.25) is 0 Å². The van der Waals surface area contributed by atoms with Crippen molar-refractivity contribution in [3.8, 4) is 0 Å². The molecular weight excluding hydrogens is 254 g/mol. The first-order valence-corrected chi connectivity index (χ1v) is 6.53. The zero-order valence-corrected chi connectivity index (χ0v) is 12.3. The van der Waals surface area contributed by atoms with E-state index in [2.05, 4.69) is 10.3 Å². The van der Waals surface area contributed by atoms with Crippen molar-refractivity contribution in [3.63, 3.8) is 0 Å². The fourth-order valence-electron chi connectivity index (χ4n) is 1.98. The fraction of sp³-hybridized carbons (Fsp3) is 0.400. The Hall–Kier alpha value is -2.17. The third-order valence-electron chi connectivity index (χ3n) is 2.98. The van der Waals surface area contributed by atoms with Gasteiger partial charge in [0.15, 0.2) is 0 Å². The number of aromatic nitrogens is 3. The van der Waals surface area contributed by atoms with E-state index in [1.807, 2.05) is 58.0 Å². The van der Waals surface area contributed by atoms with Gasteiger partial charge < -0.3 is 4.74 Å². The normalized spacial score (nSPS) is 11.4. The molecule has 0 aliphatic rings. The minimum absolute atomic E-state index is 0.151. The Labute approximate surface area is 118 Å². The second kappa shape index (κ2) is 5.45. The lowest BCUT2D eigenvalue weighted by molar-refractivity contribution is 0.136. The van der Waals surface area contributed by atoms with E-state index in [1.54, 1.807) is 0 Å². The van der Waals surface area contributed by atoms with Gasteiger partial charge in [0, 0.05) is 5.41 Å². The van der Waals surface area contributed by atoms with E-state index in [0.29, 0.717) is 0 Å². The number of carbonyl (C=O) groups is 1. The fourth-order valence-corrected chi connectivity index (χ4v) is 1.98. The molecular formula is C15H19N3O2. The van der Waals surface area contributed by atoms with Crippen LogP contribution in [0.3, 0.4) is 0 Å². The summed E-state index contributed by atoms with van der Waals surface area (Å²) in [7, 11) is 0. The van der Waals surface area contributed by atoms with Crippen LogP contribution in [0.15, 0.2) is 30.3 Å². The molecule has 0 saturated heterocycles. The highest BCUT2D eigenvalue weighted by Gasteiger charge is 2.24. The van der Waals surface area contributed by atoms with E-state index in [1.165, 1.54) is 4.68 Å². The summed E-state index contributed by atoms with van der Waals surface area (Å²) in [5.41, 5.74) is 2.31. The van der Waals surface area contributed by atoms with E-state index >= 15 is 0 Å². The predicted molar refractivity (Wildman–Crippen MR) is 75.5 cm³/mol. The average Bonchev–Trinajstić information content (AvgIpc) is 2.79. The number of ether oxygens (including phenoxy) is 1. The van der Waals surface area contributed by atoms with Crippen molar-refractivity contribution in [1.29, 1.82) is 0 Å². The molecule has 5 nitrogen and oxygen atoms in total. The molecule has 0 unspecified atom stereocenters. The van der Waals surface area contributed by atoms with Crippen LogP contribution in [0.4, 0.5) is 4.79 Å². The molecule has 1 heterocycles. The van der Waals surface area contributed by atoms with Gasteiger partial charge in [-0.3, -0.25) is 0 Å². The lowest BCUT2D eigenvalue weighted by atomic mass is 9.91. The number of nitrogens with zero attached hydrogens (tertiary/aromatic N) is 3. The van der Waals surface area contributed by atoms with E-state index in [-0.39, 0.29) is 12.0 Å². The third-order valence-corrected chi connectivity index (χ3v) is 2.98. The summed E-state index contributed by atoms with van der Waals surface area (Å²) < 4.78 is 6.45. The van der Waals surface area contributed by atoms with Gasteiger partial charge in [-0.05, 0) is 12.5 Å². The van der Waals surface area contributed by atoms with Gasteiger partial charge in [0.05, 0.1) is 11.4 Å². The quantitative estimate of drug-likeness (QED) is 0.843. The van der Waals surface area contributed by atoms with Crippen molar-refractivity contribution in [2.75, 3.05) is 0 Å². The molecule has 0 amide bonds. The Bertz CT molecular complexity index is 597. The second-order valence-corrected chi connectivity index (χ2v) is 5.73. The summed E-state index contributed by atoms with van der Waals surface area (Å²) in [6.07, 6.45) is -0.505. The number of carbonyl (C=O) groups excluding carboxylic acids is 1. The van der Waals surface area contributed by atoms with Crippen molar-refractivity contribution in [1.82, 2.24) is 15.0 Å². The van der Waals surface area contributed by atoms with Gasteiger partial charge in [-0.1, -0.05) is 56.3 Å². The Morgan fingerprint density at radius 2 is 1.90 bits per heavy atom. The number of hydrogen-bond acceptors (Lipinski definition) is 4. The first kappa shape index (κ1) is 14.2. The highest BCUT2D eigenvalue weighted by atomic mass is 16.6. The van der Waals surface area contributed by atoms with Crippen LogP contribution < -0.4 is 0 Å². The van der Waals surface area contributed by atoms with E-state index in [0.717, 1.165) is 17.0 Å². The van der Waals surface area contributed by atoms with Crippen LogP contribution >= 0.6 is 0 Å². The molecule has 106 valence electrons. The second-order valence-electron chi connectivity index (χ2n) is 5.73. The molecule has 1 aromatic heterocycles. The van der Waals surface area contributed by atoms with Crippen LogP contribution in [0, 0.1) is 6.92 Å². The van der Waals surface area contributed by atoms with Crippen molar-refractivity contribution < 1.29 is 9.53 Å². The van der Waals surface area contributed by atoms with Crippen molar-refractivity contribution in [2.24, 2.45) is 0 Å². The summed E-state index contributed by atoms with van der Waals surface area (Å²) in [6.45, 7) is 8.14. The molecule has 2 rings (SSSR count). The van der Waals surface area contributed by atoms with Crippen LogP contribution in [0.25, 0.3) is 0 Å². The lowest BCUT2D eigenvalue weighted by Crippen LogP contribution is -2.18. The smallest absolute Gasteiger partial charge is 0.436 e. The maximum atomic E-state index is 12.0. The molecule has 5 heteroatoms. The Balaban J connectivity index is 2.09. The molecule has 0 fully saturated rings. The minimum atomic E-state index is -0.505. The Morgan fingerprint density at radius 1 is 1.25 bits per heavy atom. The maximum Gasteiger partial charge on any atom is 0.436 e. The van der Waals surface area contributed by atoms with Crippen LogP contribution in [0.2, 0.25) is 0 Å². The zero-order chi connectivity index (χ0) is 14.8. The Morgan fingerprint density at radius 3 is 2.45 bits per heavy atom. The molecule has 0 saturated carbocycles. The average molecular weight is 273 g/mol. The van der Waals surface area contributed by atoms with Crippen molar-refractivity contribution in [2.45, 2.75) is 39.7 Å². The number of rotatable bonds is 2. The van der Waals surface area contributed by atoms with Gasteiger partial charge in [-0.25, -0.2) is 4.79 Å². The first-order chi connectivity index (χ1) is 9.39. The van der Waals surface area contributed by atoms with Gasteiger partial charge in [0.1, 0.15) is 6.61 Å². The molecule has 0 bridgehead atoms. The van der Waals surface area contributed by atoms with E-state index in [4.69, 9.17) is 4.74 Å². The van der Waals surface area contributed by atoms with Crippen LogP contribution in [0.5, 0.6) is 0 Å². The molecule has 0 aliphatic carbocycles. The Kier molecular flexibility index (Phi) is 3.88. The van der Waals surface area contributed by atoms with Crippen LogP contribution in [-0.2, 0) is 16.8 Å². The van der Waals surface area contributed by atoms with Crippen LogP contribution in [-0.4, -0.2) is 21.1 Å². The molecule has 2 aromatic rings. The summed E-state index contributed by atoms with van der Waals surface area (Å²) in [6, 6.07) is 9.54. The monoisotopic (exact) mass is 273 g/mol. The highest BCUT2D eigenvalue weighted by Crippen LogP contribution is 2.22. The SMILES string of the molecule is Cc1c(C(C)(C)C)nnn1C(=O)OCc1ccccc1. The lowest BCUT2D eigenvalue weighted by Gasteiger charge is -2.15. The topological polar surface area (TPSA) is 57.0 Å². The maximum absolute atomic E-state index is 12.0. The van der Waals surface area contributed by atoms with E-state index in [9.17, 15) is 4.79 Å². The summed E-state index contributed by atoms with van der Waals surface area (Å²) >= 11 is 0. The highest BCUT2D eigenvalue weighted by molar-refractivity contribution is 5.70. The van der Waals surface area contributed by atoms with Crippen LogP contribution in [0.1, 0.15) is 37.7 Å². The van der Waals surface area contributed by atoms with E-state index < -0.39 is 6.09 Å². The largest absolute Gasteiger partial charge is 0.443 e. The summed E-state index contributed by atoms with van der Waals surface area (Å²) in [5.74, 6) is 0. The van der Waals surface area contributed by atoms with Crippen molar-refractivity contribution >= 4 is 6.09 Å². The summed E-state index contributed by atoms with van der Waals surface area (Å²) in [5, 5.41) is 7.96. The molecule has 1 aromatic carbocycles. The molecule has 20 heavy (non-hydrogen) atoms. The summed E-state index contributed by atoms with van der Waals surface area (Å²) in [4.78, 5) is 12.0.